The van der Waals surface area contributed by atoms with Crippen LogP contribution in [0.2, 0.25) is 0 Å². The zero-order valence-electron chi connectivity index (χ0n) is 14.3. The molecular formula is C18H26ClN3O2. The molecule has 1 N–H and O–H groups in total. The first-order valence-electron chi connectivity index (χ1n) is 8.50. The molecule has 6 heteroatoms. The topological polar surface area (TPSA) is 52.7 Å². The van der Waals surface area contributed by atoms with Crippen LogP contribution in [-0.4, -0.2) is 60.4 Å². The summed E-state index contributed by atoms with van der Waals surface area (Å²) in [7, 11) is 1.78. The van der Waals surface area contributed by atoms with E-state index >= 15 is 0 Å². The van der Waals surface area contributed by atoms with Gasteiger partial charge in [-0.3, -0.25) is 9.59 Å². The van der Waals surface area contributed by atoms with Gasteiger partial charge >= 0.3 is 0 Å². The Morgan fingerprint density at radius 3 is 2.67 bits per heavy atom. The fourth-order valence-corrected chi connectivity index (χ4v) is 3.61. The van der Waals surface area contributed by atoms with Crippen LogP contribution in [0.15, 0.2) is 24.3 Å². The molecule has 2 fully saturated rings. The highest BCUT2D eigenvalue weighted by Gasteiger charge is 2.38. The van der Waals surface area contributed by atoms with Crippen molar-refractivity contribution < 1.29 is 9.59 Å². The molecule has 2 heterocycles. The average molecular weight is 352 g/mol. The minimum atomic E-state index is -0.0392. The molecular weight excluding hydrogens is 326 g/mol. The number of hydrogen-bond donors (Lipinski definition) is 1. The van der Waals surface area contributed by atoms with Crippen molar-refractivity contribution in [3.8, 4) is 0 Å². The van der Waals surface area contributed by atoms with Crippen molar-refractivity contribution in [1.82, 2.24) is 15.1 Å². The van der Waals surface area contributed by atoms with Gasteiger partial charge in [0.25, 0.3) is 11.8 Å². The molecule has 2 bridgehead atoms. The quantitative estimate of drug-likeness (QED) is 0.908. The maximum atomic E-state index is 13.0. The SMILES string of the molecule is CCN(C)C(=O)c1cccc(C(=O)N2C3CCNCC2CC3)c1.Cl. The van der Waals surface area contributed by atoms with Crippen molar-refractivity contribution in [1.29, 1.82) is 0 Å². The maximum Gasteiger partial charge on any atom is 0.254 e. The van der Waals surface area contributed by atoms with Gasteiger partial charge < -0.3 is 15.1 Å². The molecule has 1 aromatic carbocycles. The predicted octanol–water partition coefficient (Wildman–Crippen LogP) is 2.17. The van der Waals surface area contributed by atoms with Gasteiger partial charge in [0.1, 0.15) is 0 Å². The Bertz CT molecular complexity index is 594. The van der Waals surface area contributed by atoms with Crippen LogP contribution in [0.4, 0.5) is 0 Å². The molecule has 5 nitrogen and oxygen atoms in total. The first-order valence-corrected chi connectivity index (χ1v) is 8.50. The van der Waals surface area contributed by atoms with Gasteiger partial charge in [-0.05, 0) is 50.9 Å². The van der Waals surface area contributed by atoms with Crippen LogP contribution in [0.25, 0.3) is 0 Å². The highest BCUT2D eigenvalue weighted by atomic mass is 35.5. The third kappa shape index (κ3) is 3.57. The number of fused-ring (bicyclic) bond motifs is 2. The van der Waals surface area contributed by atoms with E-state index in [-0.39, 0.29) is 30.3 Å². The van der Waals surface area contributed by atoms with Crippen molar-refractivity contribution in [2.24, 2.45) is 0 Å². The minimum Gasteiger partial charge on any atom is -0.342 e. The van der Waals surface area contributed by atoms with Crippen molar-refractivity contribution in [2.75, 3.05) is 26.7 Å². The summed E-state index contributed by atoms with van der Waals surface area (Å²) in [5, 5.41) is 3.41. The van der Waals surface area contributed by atoms with Crippen LogP contribution in [0.1, 0.15) is 46.9 Å². The lowest BCUT2D eigenvalue weighted by Crippen LogP contribution is -2.42. The molecule has 2 amide bonds. The van der Waals surface area contributed by atoms with Gasteiger partial charge in [-0.15, -0.1) is 12.4 Å². The van der Waals surface area contributed by atoms with Gasteiger partial charge in [-0.1, -0.05) is 6.07 Å². The Morgan fingerprint density at radius 1 is 1.21 bits per heavy atom. The highest BCUT2D eigenvalue weighted by molar-refractivity contribution is 6.00. The zero-order valence-corrected chi connectivity index (χ0v) is 15.1. The molecule has 2 aliphatic heterocycles. The van der Waals surface area contributed by atoms with Gasteiger partial charge in [-0.2, -0.15) is 0 Å². The van der Waals surface area contributed by atoms with Gasteiger partial charge in [0.05, 0.1) is 0 Å². The van der Waals surface area contributed by atoms with E-state index in [4.69, 9.17) is 0 Å². The fourth-order valence-electron chi connectivity index (χ4n) is 3.61. The summed E-state index contributed by atoms with van der Waals surface area (Å²) in [6, 6.07) is 7.77. The Hall–Kier alpha value is -1.59. The van der Waals surface area contributed by atoms with E-state index in [0.29, 0.717) is 23.7 Å². The monoisotopic (exact) mass is 351 g/mol. The van der Waals surface area contributed by atoms with Gasteiger partial charge in [0.2, 0.25) is 0 Å². The number of nitrogens with one attached hydrogen (secondary N) is 1. The summed E-state index contributed by atoms with van der Waals surface area (Å²) in [6.07, 6.45) is 3.18. The largest absolute Gasteiger partial charge is 0.342 e. The first kappa shape index (κ1) is 18.7. The summed E-state index contributed by atoms with van der Waals surface area (Å²) in [5.74, 6) is 0.0256. The number of rotatable bonds is 3. The van der Waals surface area contributed by atoms with Crippen LogP contribution >= 0.6 is 12.4 Å². The van der Waals surface area contributed by atoms with Gasteiger partial charge in [-0.25, -0.2) is 0 Å². The van der Waals surface area contributed by atoms with Crippen molar-refractivity contribution >= 4 is 24.2 Å². The Labute approximate surface area is 149 Å². The molecule has 132 valence electrons. The molecule has 1 aromatic rings. The second-order valence-corrected chi connectivity index (χ2v) is 6.49. The van der Waals surface area contributed by atoms with E-state index in [1.54, 1.807) is 24.1 Å². The summed E-state index contributed by atoms with van der Waals surface area (Å²) >= 11 is 0. The lowest BCUT2D eigenvalue weighted by atomic mass is 10.1. The van der Waals surface area contributed by atoms with Crippen molar-refractivity contribution in [3.63, 3.8) is 0 Å². The molecule has 0 aromatic heterocycles. The summed E-state index contributed by atoms with van der Waals surface area (Å²) in [4.78, 5) is 29.0. The third-order valence-corrected chi connectivity index (χ3v) is 5.07. The summed E-state index contributed by atoms with van der Waals surface area (Å²) < 4.78 is 0. The van der Waals surface area contributed by atoms with E-state index in [2.05, 4.69) is 5.32 Å². The van der Waals surface area contributed by atoms with Crippen molar-refractivity contribution in [2.45, 2.75) is 38.3 Å². The van der Waals surface area contributed by atoms with E-state index in [1.807, 2.05) is 24.0 Å². The molecule has 2 atom stereocenters. The Morgan fingerprint density at radius 2 is 1.92 bits per heavy atom. The average Bonchev–Trinajstić information content (AvgIpc) is 2.85. The van der Waals surface area contributed by atoms with Crippen LogP contribution in [0, 0.1) is 0 Å². The summed E-state index contributed by atoms with van der Waals surface area (Å²) in [6.45, 7) is 4.44. The van der Waals surface area contributed by atoms with Gasteiger partial charge in [0.15, 0.2) is 0 Å². The smallest absolute Gasteiger partial charge is 0.254 e. The maximum absolute atomic E-state index is 13.0. The normalized spacial score (nSPS) is 22.5. The number of nitrogens with zero attached hydrogens (tertiary/aromatic N) is 2. The van der Waals surface area contributed by atoms with Crippen LogP contribution in [-0.2, 0) is 0 Å². The molecule has 0 radical (unpaired) electrons. The highest BCUT2D eigenvalue weighted by Crippen LogP contribution is 2.29. The zero-order chi connectivity index (χ0) is 16.4. The third-order valence-electron chi connectivity index (χ3n) is 5.07. The van der Waals surface area contributed by atoms with E-state index in [9.17, 15) is 9.59 Å². The second kappa shape index (κ2) is 7.99. The lowest BCUT2D eigenvalue weighted by molar-refractivity contribution is 0.0680. The molecule has 0 aliphatic carbocycles. The van der Waals surface area contributed by atoms with Crippen molar-refractivity contribution in [3.05, 3.63) is 35.4 Å². The number of carbonyl (C=O) groups excluding carboxylic acids is 2. The molecule has 2 saturated heterocycles. The van der Waals surface area contributed by atoms with E-state index < -0.39 is 0 Å². The summed E-state index contributed by atoms with van der Waals surface area (Å²) in [5.41, 5.74) is 1.21. The molecule has 0 saturated carbocycles. The molecule has 2 aliphatic rings. The van der Waals surface area contributed by atoms with Gasteiger partial charge in [0, 0.05) is 43.3 Å². The predicted molar refractivity (Wildman–Crippen MR) is 96.8 cm³/mol. The molecule has 0 spiro atoms. The van der Waals surface area contributed by atoms with E-state index in [1.165, 1.54) is 0 Å². The minimum absolute atomic E-state index is 0. The number of amides is 2. The van der Waals surface area contributed by atoms with E-state index in [0.717, 1.165) is 32.4 Å². The second-order valence-electron chi connectivity index (χ2n) is 6.49. The van der Waals surface area contributed by atoms with Crippen LogP contribution in [0.3, 0.4) is 0 Å². The fraction of sp³-hybridized carbons (Fsp3) is 0.556. The molecule has 24 heavy (non-hydrogen) atoms. The number of carbonyl (C=O) groups is 2. The Kier molecular flexibility index (Phi) is 6.24. The van der Waals surface area contributed by atoms with Crippen LogP contribution < -0.4 is 5.32 Å². The van der Waals surface area contributed by atoms with Crippen LogP contribution in [0.5, 0.6) is 0 Å². The standard InChI is InChI=1S/C18H25N3O2.ClH/c1-3-20(2)17(22)13-5-4-6-14(11-13)18(23)21-15-7-8-16(21)12-19-10-9-15;/h4-6,11,15-16,19H,3,7-10,12H2,1-2H3;1H. The number of halogens is 1. The molecule has 2 unspecified atom stereocenters. The lowest BCUT2D eigenvalue weighted by Gasteiger charge is -2.28. The Balaban J connectivity index is 0.00000208. The molecule has 3 rings (SSSR count). The number of benzene rings is 1. The first-order chi connectivity index (χ1) is 11.1. The number of hydrogen-bond acceptors (Lipinski definition) is 3.